The normalized spacial score (nSPS) is 35.7. The molecule has 2 aliphatic heterocycles. The first-order chi connectivity index (χ1) is 12.1. The molecule has 1 aliphatic carbocycles. The lowest BCUT2D eigenvalue weighted by atomic mass is 9.81. The second-order valence-corrected chi connectivity index (χ2v) is 12.2. The third-order valence-electron chi connectivity index (χ3n) is 5.63. The molecule has 2 unspecified atom stereocenters. The third-order valence-corrected chi connectivity index (χ3v) is 9.16. The predicted octanol–water partition coefficient (Wildman–Crippen LogP) is -0.601. The lowest BCUT2D eigenvalue weighted by molar-refractivity contribution is -0.131. The van der Waals surface area contributed by atoms with Gasteiger partial charge < -0.3 is 10.6 Å². The molecule has 0 aromatic heterocycles. The number of rotatable bonds is 4. The van der Waals surface area contributed by atoms with Gasteiger partial charge in [0, 0.05) is 23.9 Å². The number of sulfone groups is 2. The van der Waals surface area contributed by atoms with Gasteiger partial charge in [0.05, 0.1) is 23.0 Å². The number of hydrogen-bond donors (Lipinski definition) is 2. The van der Waals surface area contributed by atoms with Crippen LogP contribution < -0.4 is 10.6 Å². The Hall–Kier alpha value is -1.16. The van der Waals surface area contributed by atoms with Crippen LogP contribution in [0.5, 0.6) is 0 Å². The van der Waals surface area contributed by atoms with Gasteiger partial charge in [0.25, 0.3) is 0 Å². The molecular formula is C16H26N2O6S2. The van der Waals surface area contributed by atoms with Crippen molar-refractivity contribution in [2.45, 2.75) is 50.6 Å². The molecule has 2 amide bonds. The van der Waals surface area contributed by atoms with Gasteiger partial charge in [-0.1, -0.05) is 0 Å². The van der Waals surface area contributed by atoms with E-state index in [1.165, 1.54) is 0 Å². The minimum absolute atomic E-state index is 0.0147. The number of nitrogens with one attached hydrogen (secondary N) is 2. The number of hydrogen-bond acceptors (Lipinski definition) is 6. The first-order valence-corrected chi connectivity index (χ1v) is 12.8. The van der Waals surface area contributed by atoms with E-state index in [1.807, 2.05) is 0 Å². The van der Waals surface area contributed by atoms with Crippen molar-refractivity contribution in [1.29, 1.82) is 0 Å². The van der Waals surface area contributed by atoms with E-state index in [9.17, 15) is 26.4 Å². The molecule has 0 bridgehead atoms. The van der Waals surface area contributed by atoms with Crippen LogP contribution in [0.15, 0.2) is 0 Å². The topological polar surface area (TPSA) is 126 Å². The maximum absolute atomic E-state index is 12.3. The molecule has 0 radical (unpaired) electrons. The van der Waals surface area contributed by atoms with Gasteiger partial charge in [-0.2, -0.15) is 0 Å². The zero-order chi connectivity index (χ0) is 18.9. The van der Waals surface area contributed by atoms with Crippen LogP contribution in [0.25, 0.3) is 0 Å². The fourth-order valence-electron chi connectivity index (χ4n) is 4.07. The van der Waals surface area contributed by atoms with E-state index in [0.717, 1.165) is 0 Å². The first kappa shape index (κ1) is 19.6. The summed E-state index contributed by atoms with van der Waals surface area (Å²) < 4.78 is 45.9. The van der Waals surface area contributed by atoms with Crippen molar-refractivity contribution in [1.82, 2.24) is 10.6 Å². The molecule has 2 N–H and O–H groups in total. The summed E-state index contributed by atoms with van der Waals surface area (Å²) in [6.07, 6.45) is 3.30. The Kier molecular flexibility index (Phi) is 5.62. The Bertz CT molecular complexity index is 703. The second kappa shape index (κ2) is 7.46. The summed E-state index contributed by atoms with van der Waals surface area (Å²) in [4.78, 5) is 24.6. The Balaban J connectivity index is 1.42. The molecule has 2 saturated heterocycles. The lowest BCUT2D eigenvalue weighted by Gasteiger charge is -2.28. The van der Waals surface area contributed by atoms with Crippen molar-refractivity contribution in [2.75, 3.05) is 23.0 Å². The van der Waals surface area contributed by atoms with Crippen molar-refractivity contribution >= 4 is 31.5 Å². The molecule has 3 aliphatic rings. The quantitative estimate of drug-likeness (QED) is 0.642. The van der Waals surface area contributed by atoms with Gasteiger partial charge in [-0.3, -0.25) is 9.59 Å². The first-order valence-electron chi connectivity index (χ1n) is 9.15. The van der Waals surface area contributed by atoms with Gasteiger partial charge in [0.15, 0.2) is 19.7 Å². The zero-order valence-electron chi connectivity index (χ0n) is 14.6. The minimum Gasteiger partial charge on any atom is -0.352 e. The van der Waals surface area contributed by atoms with E-state index >= 15 is 0 Å². The van der Waals surface area contributed by atoms with Crippen molar-refractivity contribution in [3.63, 3.8) is 0 Å². The molecular weight excluding hydrogens is 380 g/mol. The summed E-state index contributed by atoms with van der Waals surface area (Å²) in [5, 5.41) is 5.66. The van der Waals surface area contributed by atoms with Crippen LogP contribution in [0.4, 0.5) is 0 Å². The van der Waals surface area contributed by atoms with Crippen molar-refractivity contribution in [3.8, 4) is 0 Å². The number of carbonyl (C=O) groups is 2. The van der Waals surface area contributed by atoms with Crippen LogP contribution in [-0.2, 0) is 29.3 Å². The van der Waals surface area contributed by atoms with E-state index in [0.29, 0.717) is 38.5 Å². The molecule has 1 saturated carbocycles. The summed E-state index contributed by atoms with van der Waals surface area (Å²) in [5.74, 6) is -0.324. The second-order valence-electron chi connectivity index (χ2n) is 7.77. The molecule has 2 atom stereocenters. The summed E-state index contributed by atoms with van der Waals surface area (Å²) in [6, 6.07) is -0.587. The van der Waals surface area contributed by atoms with Crippen LogP contribution in [0.3, 0.4) is 0 Å². The van der Waals surface area contributed by atoms with Crippen LogP contribution in [-0.4, -0.2) is 63.7 Å². The molecule has 3 fully saturated rings. The van der Waals surface area contributed by atoms with E-state index in [4.69, 9.17) is 0 Å². The van der Waals surface area contributed by atoms with Crippen LogP contribution in [0, 0.1) is 11.8 Å². The van der Waals surface area contributed by atoms with Crippen LogP contribution in [0.2, 0.25) is 0 Å². The fourth-order valence-corrected chi connectivity index (χ4v) is 7.42. The third kappa shape index (κ3) is 4.97. The molecule has 0 spiro atoms. The molecule has 0 aromatic rings. The summed E-state index contributed by atoms with van der Waals surface area (Å²) in [6.45, 7) is 0. The van der Waals surface area contributed by atoms with E-state index < -0.39 is 19.7 Å². The molecule has 0 aromatic carbocycles. The number of carbonyl (C=O) groups excluding carboxylic acids is 2. The van der Waals surface area contributed by atoms with E-state index in [-0.39, 0.29) is 58.7 Å². The SMILES string of the molecule is O=C(NC1CCS(=O)(=O)C1)C1CCC(C(=O)NC2CCS(=O)(=O)C2)CC1. The standard InChI is InChI=1S/C16H26N2O6S2/c19-15(17-13-5-7-25(21,22)9-13)11-1-2-12(4-3-11)16(20)18-14-6-8-26(23,24)10-14/h11-14H,1-10H2,(H,17,19)(H,18,20). The Morgan fingerprint density at radius 2 is 0.962 bits per heavy atom. The van der Waals surface area contributed by atoms with E-state index in [1.54, 1.807) is 0 Å². The Morgan fingerprint density at radius 3 is 1.23 bits per heavy atom. The highest BCUT2D eigenvalue weighted by atomic mass is 32.2. The molecule has 2 heterocycles. The Morgan fingerprint density at radius 1 is 0.615 bits per heavy atom. The maximum atomic E-state index is 12.3. The molecule has 8 nitrogen and oxygen atoms in total. The van der Waals surface area contributed by atoms with Gasteiger partial charge in [-0.15, -0.1) is 0 Å². The molecule has 26 heavy (non-hydrogen) atoms. The van der Waals surface area contributed by atoms with Crippen LogP contribution >= 0.6 is 0 Å². The largest absolute Gasteiger partial charge is 0.352 e. The molecule has 3 rings (SSSR count). The van der Waals surface area contributed by atoms with E-state index in [2.05, 4.69) is 10.6 Å². The minimum atomic E-state index is -3.02. The van der Waals surface area contributed by atoms with Gasteiger partial charge in [-0.05, 0) is 38.5 Å². The van der Waals surface area contributed by atoms with Crippen molar-refractivity contribution < 1.29 is 26.4 Å². The fraction of sp³-hybridized carbons (Fsp3) is 0.875. The maximum Gasteiger partial charge on any atom is 0.223 e. The summed E-state index contributed by atoms with van der Waals surface area (Å²) in [7, 11) is -6.04. The average molecular weight is 407 g/mol. The monoisotopic (exact) mass is 406 g/mol. The van der Waals surface area contributed by atoms with Crippen molar-refractivity contribution in [3.05, 3.63) is 0 Å². The van der Waals surface area contributed by atoms with Crippen LogP contribution in [0.1, 0.15) is 38.5 Å². The summed E-state index contributed by atoms with van der Waals surface area (Å²) >= 11 is 0. The average Bonchev–Trinajstić information content (AvgIpc) is 3.08. The zero-order valence-corrected chi connectivity index (χ0v) is 16.3. The summed E-state index contributed by atoms with van der Waals surface area (Å²) in [5.41, 5.74) is 0. The Labute approximate surface area is 154 Å². The highest BCUT2D eigenvalue weighted by Crippen LogP contribution is 2.30. The predicted molar refractivity (Wildman–Crippen MR) is 95.9 cm³/mol. The highest BCUT2D eigenvalue weighted by molar-refractivity contribution is 7.91. The van der Waals surface area contributed by atoms with Gasteiger partial charge in [0.1, 0.15) is 0 Å². The van der Waals surface area contributed by atoms with Crippen molar-refractivity contribution in [2.24, 2.45) is 11.8 Å². The lowest BCUT2D eigenvalue weighted by Crippen LogP contribution is -2.43. The van der Waals surface area contributed by atoms with Gasteiger partial charge in [0.2, 0.25) is 11.8 Å². The van der Waals surface area contributed by atoms with Gasteiger partial charge in [-0.25, -0.2) is 16.8 Å². The molecule has 10 heteroatoms. The number of amides is 2. The smallest absolute Gasteiger partial charge is 0.223 e. The molecule has 148 valence electrons. The van der Waals surface area contributed by atoms with Gasteiger partial charge >= 0.3 is 0 Å². The highest BCUT2D eigenvalue weighted by Gasteiger charge is 2.35.